The zero-order valence-corrected chi connectivity index (χ0v) is 14.7. The van der Waals surface area contributed by atoms with Gasteiger partial charge < -0.3 is 15.6 Å². The van der Waals surface area contributed by atoms with Gasteiger partial charge in [-0.3, -0.25) is 0 Å². The topological polar surface area (TPSA) is 76.5 Å². The molecule has 0 aliphatic heterocycles. The quantitative estimate of drug-likeness (QED) is 0.464. The molecule has 0 fully saturated rings. The van der Waals surface area contributed by atoms with Crippen molar-refractivity contribution in [2.75, 3.05) is 17.2 Å². The minimum Gasteiger partial charge on any atom is -0.385 e. The van der Waals surface area contributed by atoms with Crippen LogP contribution in [0.5, 0.6) is 0 Å². The Morgan fingerprint density at radius 2 is 1.78 bits per heavy atom. The van der Waals surface area contributed by atoms with Crippen LogP contribution in [0.15, 0.2) is 73.1 Å². The molecule has 2 aromatic heterocycles. The van der Waals surface area contributed by atoms with Gasteiger partial charge in [-0.25, -0.2) is 4.98 Å². The van der Waals surface area contributed by atoms with Crippen molar-refractivity contribution in [1.82, 2.24) is 9.97 Å². The molecule has 0 amide bonds. The molecular weight excluding hydrogens is 334 g/mol. The van der Waals surface area contributed by atoms with E-state index in [1.807, 2.05) is 42.5 Å². The van der Waals surface area contributed by atoms with Gasteiger partial charge in [0.05, 0.1) is 0 Å². The first-order chi connectivity index (χ1) is 13.3. The lowest BCUT2D eigenvalue weighted by atomic mass is 10.1. The smallest absolute Gasteiger partial charge is 0.142 e. The number of para-hydroxylation sites is 1. The fraction of sp³-hybridized carbons (Fsp3) is 0.0909. The maximum atomic E-state index is 8.92. The number of anilines is 3. The van der Waals surface area contributed by atoms with Crippen molar-refractivity contribution in [3.8, 4) is 6.07 Å². The summed E-state index contributed by atoms with van der Waals surface area (Å²) in [5.41, 5.74) is 5.79. The van der Waals surface area contributed by atoms with Crippen LogP contribution in [0, 0.1) is 11.3 Å². The second-order valence-corrected chi connectivity index (χ2v) is 6.28. The minimum absolute atomic E-state index is 0.399. The van der Waals surface area contributed by atoms with Gasteiger partial charge in [0.15, 0.2) is 0 Å². The van der Waals surface area contributed by atoms with Crippen LogP contribution in [-0.2, 0) is 6.42 Å². The molecule has 2 heterocycles. The lowest BCUT2D eigenvalue weighted by Gasteiger charge is -2.09. The Kier molecular flexibility index (Phi) is 4.71. The number of nitrogens with one attached hydrogen (secondary N) is 3. The summed E-state index contributed by atoms with van der Waals surface area (Å²) in [6.07, 6.45) is 4.67. The first-order valence-electron chi connectivity index (χ1n) is 8.84. The fourth-order valence-electron chi connectivity index (χ4n) is 3.09. The molecule has 0 radical (unpaired) electrons. The Labute approximate surface area is 157 Å². The SMILES string of the molecule is N#Cc1cc(Nc2ccc(NCCc3c[nH]c4ccccc34)cc2)ccn1. The lowest BCUT2D eigenvalue weighted by Crippen LogP contribution is -2.04. The summed E-state index contributed by atoms with van der Waals surface area (Å²) in [5, 5.41) is 17.0. The first-order valence-corrected chi connectivity index (χ1v) is 8.84. The van der Waals surface area contributed by atoms with Crippen molar-refractivity contribution in [3.63, 3.8) is 0 Å². The molecule has 5 nitrogen and oxygen atoms in total. The van der Waals surface area contributed by atoms with Crippen LogP contribution in [0.3, 0.4) is 0 Å². The van der Waals surface area contributed by atoms with E-state index in [0.29, 0.717) is 5.69 Å². The molecule has 27 heavy (non-hydrogen) atoms. The van der Waals surface area contributed by atoms with E-state index in [-0.39, 0.29) is 0 Å². The second kappa shape index (κ2) is 7.63. The van der Waals surface area contributed by atoms with Crippen molar-refractivity contribution in [2.24, 2.45) is 0 Å². The van der Waals surface area contributed by atoms with Gasteiger partial charge in [0.1, 0.15) is 11.8 Å². The third kappa shape index (κ3) is 3.91. The number of H-pyrrole nitrogens is 1. The Balaban J connectivity index is 1.34. The number of nitrogens with zero attached hydrogens (tertiary/aromatic N) is 2. The molecule has 0 aliphatic carbocycles. The number of nitriles is 1. The van der Waals surface area contributed by atoms with Gasteiger partial charge >= 0.3 is 0 Å². The average molecular weight is 353 g/mol. The molecule has 4 rings (SSSR count). The zero-order chi connectivity index (χ0) is 18.5. The number of aromatic amines is 1. The van der Waals surface area contributed by atoms with E-state index < -0.39 is 0 Å². The Morgan fingerprint density at radius 1 is 0.963 bits per heavy atom. The highest BCUT2D eigenvalue weighted by atomic mass is 14.9. The van der Waals surface area contributed by atoms with E-state index in [2.05, 4.69) is 45.0 Å². The van der Waals surface area contributed by atoms with Gasteiger partial charge in [-0.05, 0) is 54.4 Å². The summed E-state index contributed by atoms with van der Waals surface area (Å²) >= 11 is 0. The molecule has 0 unspecified atom stereocenters. The third-order valence-electron chi connectivity index (χ3n) is 4.45. The first kappa shape index (κ1) is 16.7. The van der Waals surface area contributed by atoms with E-state index in [1.54, 1.807) is 12.3 Å². The average Bonchev–Trinajstić information content (AvgIpc) is 3.13. The molecule has 5 heteroatoms. The van der Waals surface area contributed by atoms with Gasteiger partial charge in [-0.15, -0.1) is 0 Å². The largest absolute Gasteiger partial charge is 0.385 e. The molecule has 0 spiro atoms. The predicted molar refractivity (Wildman–Crippen MR) is 109 cm³/mol. The van der Waals surface area contributed by atoms with Gasteiger partial charge in [0, 0.05) is 46.9 Å². The normalized spacial score (nSPS) is 10.5. The van der Waals surface area contributed by atoms with Crippen molar-refractivity contribution < 1.29 is 0 Å². The van der Waals surface area contributed by atoms with Crippen LogP contribution in [-0.4, -0.2) is 16.5 Å². The number of benzene rings is 2. The molecule has 3 N–H and O–H groups in total. The monoisotopic (exact) mass is 353 g/mol. The van der Waals surface area contributed by atoms with Gasteiger partial charge in [0.2, 0.25) is 0 Å². The van der Waals surface area contributed by atoms with Crippen LogP contribution in [0.2, 0.25) is 0 Å². The number of rotatable bonds is 6. The maximum absolute atomic E-state index is 8.92. The van der Waals surface area contributed by atoms with Crippen LogP contribution < -0.4 is 10.6 Å². The van der Waals surface area contributed by atoms with Crippen molar-refractivity contribution in [2.45, 2.75) is 6.42 Å². The van der Waals surface area contributed by atoms with Crippen LogP contribution in [0.4, 0.5) is 17.1 Å². The summed E-state index contributed by atoms with van der Waals surface area (Å²) in [4.78, 5) is 7.29. The number of hydrogen-bond donors (Lipinski definition) is 3. The Bertz CT molecular complexity index is 1090. The van der Waals surface area contributed by atoms with Crippen LogP contribution in [0.1, 0.15) is 11.3 Å². The van der Waals surface area contributed by atoms with E-state index in [1.165, 1.54) is 16.5 Å². The highest BCUT2D eigenvalue weighted by Crippen LogP contribution is 2.20. The van der Waals surface area contributed by atoms with E-state index in [4.69, 9.17) is 5.26 Å². The van der Waals surface area contributed by atoms with E-state index in [0.717, 1.165) is 30.0 Å². The standard InChI is InChI=1S/C22H19N5/c23-14-20-13-19(10-12-25-20)27-18-7-5-17(6-8-18)24-11-9-16-15-26-22-4-2-1-3-21(16)22/h1-8,10,12-13,15,24,26H,9,11H2,(H,25,27). The summed E-state index contributed by atoms with van der Waals surface area (Å²) in [5.74, 6) is 0. The van der Waals surface area contributed by atoms with E-state index >= 15 is 0 Å². The van der Waals surface area contributed by atoms with Crippen molar-refractivity contribution >= 4 is 28.0 Å². The number of fused-ring (bicyclic) bond motifs is 1. The summed E-state index contributed by atoms with van der Waals surface area (Å²) in [7, 11) is 0. The predicted octanol–water partition coefficient (Wildman–Crippen LogP) is 4.83. The minimum atomic E-state index is 0.399. The molecule has 132 valence electrons. The fourth-order valence-corrected chi connectivity index (χ4v) is 3.09. The lowest BCUT2D eigenvalue weighted by molar-refractivity contribution is 1.03. The maximum Gasteiger partial charge on any atom is 0.142 e. The zero-order valence-electron chi connectivity index (χ0n) is 14.7. The Morgan fingerprint density at radius 3 is 2.63 bits per heavy atom. The molecule has 0 atom stereocenters. The van der Waals surface area contributed by atoms with E-state index in [9.17, 15) is 0 Å². The second-order valence-electron chi connectivity index (χ2n) is 6.28. The number of aromatic nitrogens is 2. The summed E-state index contributed by atoms with van der Waals surface area (Å²) < 4.78 is 0. The van der Waals surface area contributed by atoms with Gasteiger partial charge in [-0.1, -0.05) is 18.2 Å². The van der Waals surface area contributed by atoms with Gasteiger partial charge in [-0.2, -0.15) is 5.26 Å². The highest BCUT2D eigenvalue weighted by molar-refractivity contribution is 5.83. The third-order valence-corrected chi connectivity index (χ3v) is 4.45. The molecule has 0 aliphatic rings. The molecule has 0 saturated heterocycles. The molecule has 2 aromatic carbocycles. The molecular formula is C22H19N5. The summed E-state index contributed by atoms with van der Waals surface area (Å²) in [6, 6.07) is 22.1. The number of pyridine rings is 1. The molecule has 0 bridgehead atoms. The molecule has 0 saturated carbocycles. The Hall–Kier alpha value is -3.78. The van der Waals surface area contributed by atoms with Crippen LogP contribution in [0.25, 0.3) is 10.9 Å². The van der Waals surface area contributed by atoms with Crippen LogP contribution >= 0.6 is 0 Å². The van der Waals surface area contributed by atoms with Crippen molar-refractivity contribution in [1.29, 1.82) is 5.26 Å². The van der Waals surface area contributed by atoms with Crippen molar-refractivity contribution in [3.05, 3.63) is 84.3 Å². The highest BCUT2D eigenvalue weighted by Gasteiger charge is 2.03. The summed E-state index contributed by atoms with van der Waals surface area (Å²) in [6.45, 7) is 0.866. The molecule has 4 aromatic rings. The van der Waals surface area contributed by atoms with Gasteiger partial charge in [0.25, 0.3) is 0 Å². The number of hydrogen-bond acceptors (Lipinski definition) is 4.